The van der Waals surface area contributed by atoms with Gasteiger partial charge in [0.25, 0.3) is 5.67 Å². The second-order valence-corrected chi connectivity index (χ2v) is 7.39. The molecule has 0 radical (unpaired) electrons. The van der Waals surface area contributed by atoms with Gasteiger partial charge in [0, 0.05) is 9.84 Å². The van der Waals surface area contributed by atoms with Gasteiger partial charge in [-0.1, -0.05) is 68.5 Å². The largest absolute Gasteiger partial charge is 0.457 e. The molecule has 0 bridgehead atoms. The molecule has 0 spiro atoms. The van der Waals surface area contributed by atoms with Crippen LogP contribution in [0.1, 0.15) is 52.4 Å². The fourth-order valence-corrected chi connectivity index (χ4v) is 3.31. The van der Waals surface area contributed by atoms with Crippen LogP contribution in [0.2, 0.25) is 0 Å². The van der Waals surface area contributed by atoms with Gasteiger partial charge in [0.1, 0.15) is 0 Å². The van der Waals surface area contributed by atoms with Crippen molar-refractivity contribution in [3.05, 3.63) is 0 Å². The van der Waals surface area contributed by atoms with E-state index in [0.717, 1.165) is 19.3 Å². The number of halogens is 10. The van der Waals surface area contributed by atoms with Crippen molar-refractivity contribution in [3.8, 4) is 0 Å². The molecule has 0 nitrogen and oxygen atoms in total. The van der Waals surface area contributed by atoms with E-state index in [1.54, 1.807) is 0 Å². The average molecular weight is 486 g/mol. The van der Waals surface area contributed by atoms with E-state index < -0.39 is 33.8 Å². The molecule has 0 aliphatic rings. The fraction of sp³-hybridized carbons (Fsp3) is 1.00. The monoisotopic (exact) mass is 486 g/mol. The Kier molecular flexibility index (Phi) is 8.69. The number of unbranched alkanes of at least 4 members (excludes halogenated alkanes) is 4. The summed E-state index contributed by atoms with van der Waals surface area (Å²) in [4.78, 5) is 0. The van der Waals surface area contributed by atoms with Gasteiger partial charge in [-0.3, -0.25) is 0 Å². The Morgan fingerprint density at radius 2 is 1.21 bits per heavy atom. The van der Waals surface area contributed by atoms with E-state index in [1.165, 1.54) is 22.6 Å². The number of hydrogen-bond donors (Lipinski definition) is 0. The van der Waals surface area contributed by atoms with Crippen LogP contribution in [0.25, 0.3) is 0 Å². The van der Waals surface area contributed by atoms with E-state index in [2.05, 4.69) is 0 Å². The van der Waals surface area contributed by atoms with Gasteiger partial charge in [-0.05, 0) is 6.42 Å². The molecule has 24 heavy (non-hydrogen) atoms. The van der Waals surface area contributed by atoms with E-state index in [4.69, 9.17) is 0 Å². The lowest BCUT2D eigenvalue weighted by atomic mass is 9.80. The number of alkyl halides is 10. The molecule has 0 aromatic rings. The standard InChI is InChI=1S/C14H20F9I/c1-3-4-5-6-7-8-10(24)9(2)11(15,13(18,19)20)12(16,17)14(21,22)23/h9-10H,3-8H2,1-2H3. The molecule has 0 amide bonds. The van der Waals surface area contributed by atoms with Gasteiger partial charge in [0.15, 0.2) is 0 Å². The second-order valence-electron chi connectivity index (χ2n) is 5.79. The maximum Gasteiger partial charge on any atom is 0.457 e. The van der Waals surface area contributed by atoms with Crippen LogP contribution in [0.5, 0.6) is 0 Å². The van der Waals surface area contributed by atoms with Gasteiger partial charge in [-0.2, -0.15) is 35.1 Å². The lowest BCUT2D eigenvalue weighted by molar-refractivity contribution is -0.393. The van der Waals surface area contributed by atoms with Crippen LogP contribution in [0.4, 0.5) is 39.5 Å². The zero-order valence-corrected chi connectivity index (χ0v) is 15.3. The molecule has 10 heteroatoms. The Morgan fingerprint density at radius 3 is 1.58 bits per heavy atom. The Balaban J connectivity index is 5.33. The Morgan fingerprint density at radius 1 is 0.750 bits per heavy atom. The van der Waals surface area contributed by atoms with Crippen molar-refractivity contribution in [1.82, 2.24) is 0 Å². The first-order valence-corrected chi connectivity index (χ1v) is 8.73. The minimum atomic E-state index is -6.64. The van der Waals surface area contributed by atoms with E-state index in [1.807, 2.05) is 6.92 Å². The quantitative estimate of drug-likeness (QED) is 0.139. The van der Waals surface area contributed by atoms with E-state index in [9.17, 15) is 39.5 Å². The van der Waals surface area contributed by atoms with Crippen LogP contribution in [-0.4, -0.2) is 27.9 Å². The topological polar surface area (TPSA) is 0 Å². The number of hydrogen-bond acceptors (Lipinski definition) is 0. The molecule has 0 aliphatic carbocycles. The first-order chi connectivity index (χ1) is 10.6. The highest BCUT2D eigenvalue weighted by Gasteiger charge is 2.82. The van der Waals surface area contributed by atoms with Crippen molar-refractivity contribution in [1.29, 1.82) is 0 Å². The lowest BCUT2D eigenvalue weighted by Crippen LogP contribution is -2.66. The highest BCUT2D eigenvalue weighted by Crippen LogP contribution is 2.57. The highest BCUT2D eigenvalue weighted by atomic mass is 127. The second kappa shape index (κ2) is 8.66. The van der Waals surface area contributed by atoms with Gasteiger partial charge < -0.3 is 0 Å². The molecule has 0 aromatic heterocycles. The van der Waals surface area contributed by atoms with Crippen LogP contribution in [0.15, 0.2) is 0 Å². The summed E-state index contributed by atoms with van der Waals surface area (Å²) < 4.78 is 115. The molecule has 0 rings (SSSR count). The zero-order valence-electron chi connectivity index (χ0n) is 13.2. The molecule has 0 saturated carbocycles. The van der Waals surface area contributed by atoms with E-state index in [-0.39, 0.29) is 6.42 Å². The van der Waals surface area contributed by atoms with Gasteiger partial charge in [0.2, 0.25) is 0 Å². The molecule has 0 fully saturated rings. The Labute approximate surface area is 148 Å². The summed E-state index contributed by atoms with van der Waals surface area (Å²) in [6, 6.07) is 0. The third-order valence-electron chi connectivity index (χ3n) is 3.98. The van der Waals surface area contributed by atoms with Crippen molar-refractivity contribution < 1.29 is 39.5 Å². The molecule has 146 valence electrons. The van der Waals surface area contributed by atoms with E-state index in [0.29, 0.717) is 19.8 Å². The highest BCUT2D eigenvalue weighted by molar-refractivity contribution is 14.1. The molecule has 3 unspecified atom stereocenters. The van der Waals surface area contributed by atoms with Gasteiger partial charge in [-0.25, -0.2) is 4.39 Å². The molecule has 0 aromatic carbocycles. The molecular weight excluding hydrogens is 466 g/mol. The van der Waals surface area contributed by atoms with Crippen molar-refractivity contribution >= 4 is 22.6 Å². The smallest absolute Gasteiger partial charge is 0.226 e. The fourth-order valence-electron chi connectivity index (χ4n) is 2.37. The molecule has 3 atom stereocenters. The summed E-state index contributed by atoms with van der Waals surface area (Å²) in [5.74, 6) is -9.08. The summed E-state index contributed by atoms with van der Waals surface area (Å²) in [6.45, 7) is 2.39. The summed E-state index contributed by atoms with van der Waals surface area (Å²) in [6.07, 6.45) is -9.56. The van der Waals surface area contributed by atoms with Gasteiger partial charge in [0.05, 0.1) is 0 Å². The minimum Gasteiger partial charge on any atom is -0.226 e. The first-order valence-electron chi connectivity index (χ1n) is 7.48. The summed E-state index contributed by atoms with van der Waals surface area (Å²) in [5, 5.41) is 0. The van der Waals surface area contributed by atoms with Crippen molar-refractivity contribution in [2.45, 2.75) is 80.2 Å². The summed E-state index contributed by atoms with van der Waals surface area (Å²) in [5.41, 5.74) is -5.67. The van der Waals surface area contributed by atoms with Gasteiger partial charge in [-0.15, -0.1) is 0 Å². The Hall–Kier alpha value is 0.1000. The van der Waals surface area contributed by atoms with Crippen LogP contribution >= 0.6 is 22.6 Å². The molecule has 0 N–H and O–H groups in total. The van der Waals surface area contributed by atoms with Crippen LogP contribution in [0, 0.1) is 5.92 Å². The van der Waals surface area contributed by atoms with Crippen molar-refractivity contribution in [3.63, 3.8) is 0 Å². The SMILES string of the molecule is CCCCCCCC(I)C(C)C(F)(C(F)(F)F)C(F)(F)C(F)(F)F. The number of rotatable bonds is 9. The lowest BCUT2D eigenvalue weighted by Gasteiger charge is -2.41. The normalized spacial score (nSPS) is 19.0. The van der Waals surface area contributed by atoms with Gasteiger partial charge >= 0.3 is 18.3 Å². The summed E-state index contributed by atoms with van der Waals surface area (Å²) >= 11 is 1.32. The van der Waals surface area contributed by atoms with Crippen LogP contribution in [0.3, 0.4) is 0 Å². The van der Waals surface area contributed by atoms with E-state index >= 15 is 0 Å². The Bertz CT molecular complexity index is 377. The zero-order chi connectivity index (χ0) is 19.4. The average Bonchev–Trinajstić information content (AvgIpc) is 2.42. The maximum absolute atomic E-state index is 14.2. The molecule has 0 aliphatic heterocycles. The molecular formula is C14H20F9I. The molecule has 0 saturated heterocycles. The van der Waals surface area contributed by atoms with Crippen LogP contribution in [-0.2, 0) is 0 Å². The third-order valence-corrected chi connectivity index (χ3v) is 5.68. The predicted octanol–water partition coefficient (Wildman–Crippen LogP) is 7.25. The van der Waals surface area contributed by atoms with Crippen molar-refractivity contribution in [2.24, 2.45) is 5.92 Å². The third kappa shape index (κ3) is 5.06. The van der Waals surface area contributed by atoms with Crippen molar-refractivity contribution in [2.75, 3.05) is 0 Å². The maximum atomic E-state index is 14.2. The predicted molar refractivity (Wildman–Crippen MR) is 81.2 cm³/mol. The first kappa shape index (κ1) is 24.1. The molecule has 0 heterocycles. The summed E-state index contributed by atoms with van der Waals surface area (Å²) in [7, 11) is 0. The van der Waals surface area contributed by atoms with Crippen LogP contribution < -0.4 is 0 Å². The minimum absolute atomic E-state index is 0.0683.